The van der Waals surface area contributed by atoms with Crippen molar-refractivity contribution in [2.24, 2.45) is 0 Å². The fourth-order valence-corrected chi connectivity index (χ4v) is 4.10. The van der Waals surface area contributed by atoms with Crippen molar-refractivity contribution in [2.45, 2.75) is 26.7 Å². The number of nitrogens with one attached hydrogen (secondary N) is 1. The van der Waals surface area contributed by atoms with Crippen LogP contribution in [0.4, 0.5) is 11.5 Å². The third-order valence-electron chi connectivity index (χ3n) is 5.34. The van der Waals surface area contributed by atoms with E-state index in [1.165, 1.54) is 0 Å². The molecule has 2 aromatic rings. The second-order valence-corrected chi connectivity index (χ2v) is 9.02. The first-order valence-corrected chi connectivity index (χ1v) is 11.4. The van der Waals surface area contributed by atoms with Gasteiger partial charge in [-0.1, -0.05) is 13.8 Å². The van der Waals surface area contributed by atoms with Gasteiger partial charge in [-0.05, 0) is 22.9 Å². The second-order valence-electron chi connectivity index (χ2n) is 8.17. The molecule has 31 heavy (non-hydrogen) atoms. The summed E-state index contributed by atoms with van der Waals surface area (Å²) in [5, 5.41) is 2.98. The molecule has 1 saturated heterocycles. The first kappa shape index (κ1) is 21.8. The van der Waals surface area contributed by atoms with Crippen LogP contribution in [0.1, 0.15) is 31.3 Å². The van der Waals surface area contributed by atoms with Gasteiger partial charge in [-0.25, -0.2) is 9.97 Å². The van der Waals surface area contributed by atoms with Crippen molar-refractivity contribution in [3.63, 3.8) is 0 Å². The molecular formula is C22H28BrN5O3. The molecule has 4 rings (SSSR count). The molecule has 1 amide bonds. The van der Waals surface area contributed by atoms with E-state index in [-0.39, 0.29) is 5.91 Å². The molecule has 1 fully saturated rings. The van der Waals surface area contributed by atoms with Crippen molar-refractivity contribution in [1.82, 2.24) is 14.9 Å². The summed E-state index contributed by atoms with van der Waals surface area (Å²) in [5.74, 6) is 3.43. The van der Waals surface area contributed by atoms with Gasteiger partial charge in [-0.3, -0.25) is 9.69 Å². The molecule has 166 valence electrons. The number of carbonyl (C=O) groups excluding carboxylic acids is 1. The monoisotopic (exact) mass is 489 g/mol. The molecule has 1 aromatic carbocycles. The van der Waals surface area contributed by atoms with Crippen LogP contribution < -0.4 is 19.7 Å². The summed E-state index contributed by atoms with van der Waals surface area (Å²) in [6, 6.07) is 5.67. The highest BCUT2D eigenvalue weighted by atomic mass is 79.9. The van der Waals surface area contributed by atoms with E-state index >= 15 is 0 Å². The molecule has 0 radical (unpaired) electrons. The molecule has 0 spiro atoms. The largest absolute Gasteiger partial charge is 0.486 e. The Morgan fingerprint density at radius 3 is 2.45 bits per heavy atom. The third kappa shape index (κ3) is 5.27. The maximum Gasteiger partial charge on any atom is 0.238 e. The molecule has 2 aliphatic heterocycles. The number of aromatic nitrogens is 2. The zero-order chi connectivity index (χ0) is 22.0. The lowest BCUT2D eigenvalue weighted by Crippen LogP contribution is -2.49. The number of hydrogen-bond donors (Lipinski definition) is 1. The van der Waals surface area contributed by atoms with Crippen molar-refractivity contribution in [1.29, 1.82) is 0 Å². The highest BCUT2D eigenvalue weighted by Crippen LogP contribution is 2.38. The van der Waals surface area contributed by atoms with Gasteiger partial charge in [-0.15, -0.1) is 0 Å². The number of rotatable bonds is 5. The van der Waals surface area contributed by atoms with Gasteiger partial charge in [0.25, 0.3) is 0 Å². The SMILES string of the molecule is Cc1cc(N2CCN(CC(=O)Nc3cc4c(cc3Br)OCCO4)CC2)nc(C(C)C)n1. The van der Waals surface area contributed by atoms with Crippen molar-refractivity contribution < 1.29 is 14.3 Å². The number of nitrogens with zero attached hydrogens (tertiary/aromatic N) is 4. The Bertz CT molecular complexity index is 960. The van der Waals surface area contributed by atoms with Crippen LogP contribution >= 0.6 is 15.9 Å². The lowest BCUT2D eigenvalue weighted by atomic mass is 10.2. The van der Waals surface area contributed by atoms with Gasteiger partial charge in [-0.2, -0.15) is 0 Å². The van der Waals surface area contributed by atoms with Crippen molar-refractivity contribution >= 4 is 33.3 Å². The molecule has 8 nitrogen and oxygen atoms in total. The van der Waals surface area contributed by atoms with E-state index in [0.717, 1.165) is 48.0 Å². The zero-order valence-corrected chi connectivity index (χ0v) is 19.7. The Morgan fingerprint density at radius 1 is 1.10 bits per heavy atom. The van der Waals surface area contributed by atoms with Crippen LogP contribution in [0.15, 0.2) is 22.7 Å². The standard InChI is InChI=1S/C22H28BrN5O3/c1-14(2)22-24-15(3)10-20(26-22)28-6-4-27(5-7-28)13-21(29)25-17-12-19-18(11-16(17)23)30-8-9-31-19/h10-12,14H,4-9,13H2,1-3H3,(H,25,29). The average molecular weight is 490 g/mol. The Balaban J connectivity index is 1.33. The van der Waals surface area contributed by atoms with Gasteiger partial charge in [0, 0.05) is 60.5 Å². The summed E-state index contributed by atoms with van der Waals surface area (Å²) in [7, 11) is 0. The van der Waals surface area contributed by atoms with Crippen LogP contribution in [0, 0.1) is 6.92 Å². The number of aryl methyl sites for hydroxylation is 1. The number of piperazine rings is 1. The minimum atomic E-state index is -0.0502. The molecule has 0 unspecified atom stereocenters. The zero-order valence-electron chi connectivity index (χ0n) is 18.2. The molecule has 0 bridgehead atoms. The van der Waals surface area contributed by atoms with E-state index in [4.69, 9.17) is 14.5 Å². The van der Waals surface area contributed by atoms with E-state index in [1.54, 1.807) is 6.07 Å². The normalized spacial score (nSPS) is 16.5. The Kier molecular flexibility index (Phi) is 6.62. The van der Waals surface area contributed by atoms with Gasteiger partial charge in [0.1, 0.15) is 24.9 Å². The Hall–Kier alpha value is -2.39. The highest BCUT2D eigenvalue weighted by Gasteiger charge is 2.22. The van der Waals surface area contributed by atoms with Crippen LogP contribution in [0.5, 0.6) is 11.5 Å². The van der Waals surface area contributed by atoms with E-state index in [0.29, 0.717) is 42.9 Å². The summed E-state index contributed by atoms with van der Waals surface area (Å²) >= 11 is 3.50. The van der Waals surface area contributed by atoms with Crippen LogP contribution in [-0.2, 0) is 4.79 Å². The number of anilines is 2. The van der Waals surface area contributed by atoms with Gasteiger partial charge < -0.3 is 19.7 Å². The second kappa shape index (κ2) is 9.40. The van der Waals surface area contributed by atoms with E-state index in [1.807, 2.05) is 19.1 Å². The molecule has 3 heterocycles. The number of ether oxygens (including phenoxy) is 2. The quantitative estimate of drug-likeness (QED) is 0.690. The predicted octanol–water partition coefficient (Wildman–Crippen LogP) is 3.20. The minimum absolute atomic E-state index is 0.0502. The lowest BCUT2D eigenvalue weighted by molar-refractivity contribution is -0.117. The number of halogens is 1. The number of hydrogen-bond acceptors (Lipinski definition) is 7. The third-order valence-corrected chi connectivity index (χ3v) is 6.00. The van der Waals surface area contributed by atoms with Crippen molar-refractivity contribution in [2.75, 3.05) is 56.2 Å². The molecule has 1 N–H and O–H groups in total. The molecule has 0 aliphatic carbocycles. The number of carbonyl (C=O) groups is 1. The molecule has 2 aliphatic rings. The topological polar surface area (TPSA) is 79.8 Å². The lowest BCUT2D eigenvalue weighted by Gasteiger charge is -2.35. The molecular weight excluding hydrogens is 462 g/mol. The van der Waals surface area contributed by atoms with E-state index in [9.17, 15) is 4.79 Å². The molecule has 9 heteroatoms. The van der Waals surface area contributed by atoms with Gasteiger partial charge >= 0.3 is 0 Å². The van der Waals surface area contributed by atoms with Gasteiger partial charge in [0.2, 0.25) is 5.91 Å². The van der Waals surface area contributed by atoms with Gasteiger partial charge in [0.15, 0.2) is 11.5 Å². The highest BCUT2D eigenvalue weighted by molar-refractivity contribution is 9.10. The van der Waals surface area contributed by atoms with Crippen LogP contribution in [0.2, 0.25) is 0 Å². The van der Waals surface area contributed by atoms with Crippen molar-refractivity contribution in [3.05, 3.63) is 34.2 Å². The first-order valence-electron chi connectivity index (χ1n) is 10.6. The van der Waals surface area contributed by atoms with Crippen molar-refractivity contribution in [3.8, 4) is 11.5 Å². The summed E-state index contributed by atoms with van der Waals surface area (Å²) in [5.41, 5.74) is 1.67. The summed E-state index contributed by atoms with van der Waals surface area (Å²) in [4.78, 5) is 26.3. The Morgan fingerprint density at radius 2 is 1.77 bits per heavy atom. The van der Waals surface area contributed by atoms with Crippen LogP contribution in [0.25, 0.3) is 0 Å². The maximum atomic E-state index is 12.6. The number of benzene rings is 1. The van der Waals surface area contributed by atoms with Crippen LogP contribution in [-0.4, -0.2) is 66.7 Å². The summed E-state index contributed by atoms with van der Waals surface area (Å²) in [6.45, 7) is 10.9. The fraction of sp³-hybridized carbons (Fsp3) is 0.500. The summed E-state index contributed by atoms with van der Waals surface area (Å²) in [6.07, 6.45) is 0. The first-order chi connectivity index (χ1) is 14.9. The molecule has 0 atom stereocenters. The minimum Gasteiger partial charge on any atom is -0.486 e. The average Bonchev–Trinajstić information content (AvgIpc) is 2.74. The van der Waals surface area contributed by atoms with E-state index in [2.05, 4.69) is 49.9 Å². The van der Waals surface area contributed by atoms with Gasteiger partial charge in [0.05, 0.1) is 12.2 Å². The fourth-order valence-electron chi connectivity index (χ4n) is 3.68. The summed E-state index contributed by atoms with van der Waals surface area (Å²) < 4.78 is 12.0. The predicted molar refractivity (Wildman–Crippen MR) is 123 cm³/mol. The Labute approximate surface area is 191 Å². The smallest absolute Gasteiger partial charge is 0.238 e. The molecule has 1 aromatic heterocycles. The number of fused-ring (bicyclic) bond motifs is 1. The van der Waals surface area contributed by atoms with Crippen LogP contribution in [0.3, 0.4) is 0 Å². The maximum absolute atomic E-state index is 12.6. The number of amides is 1. The van der Waals surface area contributed by atoms with E-state index < -0.39 is 0 Å². The molecule has 0 saturated carbocycles.